The molecule has 0 spiro atoms. The molecule has 29 heavy (non-hydrogen) atoms. The third-order valence-electron chi connectivity index (χ3n) is 5.06. The monoisotopic (exact) mass is 447 g/mol. The van der Waals surface area contributed by atoms with Crippen LogP contribution in [0.4, 0.5) is 0 Å². The second kappa shape index (κ2) is 9.52. The van der Waals surface area contributed by atoms with E-state index >= 15 is 0 Å². The minimum absolute atomic E-state index is 0.233. The highest BCUT2D eigenvalue weighted by Gasteiger charge is 2.15. The molecule has 154 valence electrons. The Morgan fingerprint density at radius 3 is 2.28 bits per heavy atom. The summed E-state index contributed by atoms with van der Waals surface area (Å²) in [6.45, 7) is 4.78. The number of aryl methyl sites for hydroxylation is 1. The first-order valence-electron chi connectivity index (χ1n) is 9.77. The Kier molecular flexibility index (Phi) is 7.28. The van der Waals surface area contributed by atoms with Crippen LogP contribution >= 0.6 is 24.2 Å². The van der Waals surface area contributed by atoms with Crippen molar-refractivity contribution in [3.63, 3.8) is 0 Å². The zero-order chi connectivity index (χ0) is 21.0. The fourth-order valence-corrected chi connectivity index (χ4v) is 4.90. The average molecular weight is 448 g/mol. The van der Waals surface area contributed by atoms with E-state index in [-0.39, 0.29) is 4.90 Å². The van der Waals surface area contributed by atoms with Crippen molar-refractivity contribution < 1.29 is 8.42 Å². The second-order valence-electron chi connectivity index (χ2n) is 7.51. The molecule has 0 heterocycles. The van der Waals surface area contributed by atoms with Crippen LogP contribution in [0.1, 0.15) is 43.7 Å². The average Bonchev–Trinajstić information content (AvgIpc) is 2.83. The van der Waals surface area contributed by atoms with Crippen molar-refractivity contribution >= 4 is 34.3 Å². The van der Waals surface area contributed by atoms with Crippen LogP contribution in [0, 0.1) is 0 Å². The zero-order valence-electron chi connectivity index (χ0n) is 16.7. The highest BCUT2D eigenvalue weighted by Crippen LogP contribution is 2.35. The van der Waals surface area contributed by atoms with E-state index < -0.39 is 10.0 Å². The summed E-state index contributed by atoms with van der Waals surface area (Å²) >= 11 is 10.5. The Morgan fingerprint density at radius 1 is 0.966 bits per heavy atom. The number of nitrogens with one attached hydrogen (secondary N) is 1. The fourth-order valence-electron chi connectivity index (χ4n) is 3.35. The molecule has 0 atom stereocenters. The van der Waals surface area contributed by atoms with Gasteiger partial charge in [0.15, 0.2) is 0 Å². The van der Waals surface area contributed by atoms with Gasteiger partial charge in [0.25, 0.3) is 0 Å². The molecule has 0 fully saturated rings. The summed E-state index contributed by atoms with van der Waals surface area (Å²) in [5.74, 6) is 0.479. The highest BCUT2D eigenvalue weighted by molar-refractivity contribution is 7.89. The normalized spacial score (nSPS) is 12.0. The SMILES string of the molecule is CC(C)c1ccc2c(S)cc(CCCCNS(=O)(=O)c3ccc(Cl)cc3)c-2cc1. The van der Waals surface area contributed by atoms with Gasteiger partial charge in [0.05, 0.1) is 4.90 Å². The van der Waals surface area contributed by atoms with Crippen LogP contribution in [-0.2, 0) is 16.4 Å². The van der Waals surface area contributed by atoms with Crippen molar-refractivity contribution in [3.05, 3.63) is 70.7 Å². The zero-order valence-corrected chi connectivity index (χ0v) is 19.1. The van der Waals surface area contributed by atoms with Crippen molar-refractivity contribution in [1.29, 1.82) is 0 Å². The standard InChI is InChI=1S/C23H26ClNO2S2/c1-16(2)17-6-12-21-18(15-23(28)22(21)13-7-17)5-3-4-14-25-29(26,27)20-10-8-19(24)9-11-20/h6-13,15-16,25,28H,3-5,14H2,1-2H3. The quantitative estimate of drug-likeness (QED) is 0.321. The maximum atomic E-state index is 12.3. The Balaban J connectivity index is 1.58. The van der Waals surface area contributed by atoms with Crippen LogP contribution in [-0.4, -0.2) is 15.0 Å². The van der Waals surface area contributed by atoms with Gasteiger partial charge in [0, 0.05) is 16.5 Å². The third kappa shape index (κ3) is 5.54. The molecule has 1 aromatic carbocycles. The van der Waals surface area contributed by atoms with E-state index in [1.165, 1.54) is 34.4 Å². The van der Waals surface area contributed by atoms with Crippen molar-refractivity contribution in [1.82, 2.24) is 4.72 Å². The van der Waals surface area contributed by atoms with Crippen molar-refractivity contribution in [3.8, 4) is 11.1 Å². The molecule has 1 N–H and O–H groups in total. The van der Waals surface area contributed by atoms with Crippen molar-refractivity contribution in [2.75, 3.05) is 6.54 Å². The Labute approximate surface area is 184 Å². The summed E-state index contributed by atoms with van der Waals surface area (Å²) in [4.78, 5) is 1.22. The lowest BCUT2D eigenvalue weighted by molar-refractivity contribution is 0.577. The topological polar surface area (TPSA) is 46.2 Å². The number of halogens is 1. The molecule has 2 aliphatic rings. The number of sulfonamides is 1. The third-order valence-corrected chi connectivity index (χ3v) is 7.16. The minimum Gasteiger partial charge on any atom is -0.211 e. The lowest BCUT2D eigenvalue weighted by Crippen LogP contribution is -2.24. The second-order valence-corrected chi connectivity index (χ2v) is 10.2. The number of fused-ring (bicyclic) bond motifs is 1. The molecule has 0 aliphatic heterocycles. The van der Waals surface area contributed by atoms with E-state index in [0.717, 1.165) is 24.2 Å². The van der Waals surface area contributed by atoms with Gasteiger partial charge in [-0.05, 0) is 77.8 Å². The lowest BCUT2D eigenvalue weighted by atomic mass is 10.0. The summed E-state index contributed by atoms with van der Waals surface area (Å²) in [6.07, 6.45) is 2.55. The largest absolute Gasteiger partial charge is 0.240 e. The predicted octanol–water partition coefficient (Wildman–Crippen LogP) is 6.16. The molecule has 2 aliphatic carbocycles. The maximum absolute atomic E-state index is 12.3. The maximum Gasteiger partial charge on any atom is 0.240 e. The van der Waals surface area contributed by atoms with Crippen LogP contribution < -0.4 is 4.72 Å². The smallest absolute Gasteiger partial charge is 0.211 e. The Hall–Kier alpha value is -1.53. The molecule has 6 heteroatoms. The minimum atomic E-state index is -3.50. The van der Waals surface area contributed by atoms with Crippen LogP contribution in [0.5, 0.6) is 0 Å². The summed E-state index contributed by atoms with van der Waals surface area (Å²) in [5.41, 5.74) is 4.95. The van der Waals surface area contributed by atoms with Crippen LogP contribution in [0.15, 0.2) is 64.4 Å². The molecule has 3 rings (SSSR count). The first kappa shape index (κ1) is 22.2. The summed E-state index contributed by atoms with van der Waals surface area (Å²) in [7, 11) is -3.50. The highest BCUT2D eigenvalue weighted by atomic mass is 35.5. The summed E-state index contributed by atoms with van der Waals surface area (Å²) < 4.78 is 27.3. The van der Waals surface area contributed by atoms with Gasteiger partial charge in [-0.2, -0.15) is 0 Å². The van der Waals surface area contributed by atoms with Gasteiger partial charge in [-0.25, -0.2) is 13.1 Å². The van der Waals surface area contributed by atoms with Gasteiger partial charge in [0.2, 0.25) is 10.0 Å². The van der Waals surface area contributed by atoms with Crippen LogP contribution in [0.3, 0.4) is 0 Å². The van der Waals surface area contributed by atoms with Gasteiger partial charge >= 0.3 is 0 Å². The number of unbranched alkanes of at least 4 members (excludes halogenated alkanes) is 1. The molecule has 0 saturated heterocycles. The molecule has 0 saturated carbocycles. The lowest BCUT2D eigenvalue weighted by Gasteiger charge is -2.07. The van der Waals surface area contributed by atoms with Gasteiger partial charge in [-0.15, -0.1) is 12.6 Å². The first-order chi connectivity index (χ1) is 13.8. The van der Waals surface area contributed by atoms with E-state index in [1.807, 2.05) is 0 Å². The molecule has 0 radical (unpaired) electrons. The van der Waals surface area contributed by atoms with Crippen molar-refractivity contribution in [2.45, 2.75) is 48.8 Å². The van der Waals surface area contributed by atoms with Crippen molar-refractivity contribution in [2.24, 2.45) is 0 Å². The molecule has 0 bridgehead atoms. The van der Waals surface area contributed by atoms with Gasteiger partial charge in [-0.1, -0.05) is 49.7 Å². The predicted molar refractivity (Wildman–Crippen MR) is 124 cm³/mol. The number of benzene rings is 1. The number of hydrogen-bond acceptors (Lipinski definition) is 3. The molecule has 0 unspecified atom stereocenters. The number of hydrogen-bond donors (Lipinski definition) is 2. The summed E-state index contributed by atoms with van der Waals surface area (Å²) in [5, 5.41) is 0.517. The fraction of sp³-hybridized carbons (Fsp3) is 0.304. The summed E-state index contributed by atoms with van der Waals surface area (Å²) in [6, 6.07) is 17.0. The Morgan fingerprint density at radius 2 is 1.62 bits per heavy atom. The van der Waals surface area contributed by atoms with Gasteiger partial charge < -0.3 is 0 Å². The van der Waals surface area contributed by atoms with E-state index in [4.69, 9.17) is 11.6 Å². The molecule has 1 aromatic rings. The Bertz CT molecular complexity index is 1050. The molecule has 3 nitrogen and oxygen atoms in total. The van der Waals surface area contributed by atoms with E-state index in [2.05, 4.69) is 61.5 Å². The molecule has 0 amide bonds. The number of thiol groups is 1. The van der Waals surface area contributed by atoms with Crippen LogP contribution in [0.2, 0.25) is 5.02 Å². The van der Waals surface area contributed by atoms with Gasteiger partial charge in [0.1, 0.15) is 0 Å². The van der Waals surface area contributed by atoms with Crippen LogP contribution in [0.25, 0.3) is 11.1 Å². The van der Waals surface area contributed by atoms with Gasteiger partial charge in [-0.3, -0.25) is 0 Å². The molecule has 0 aromatic heterocycles. The number of rotatable bonds is 8. The van der Waals surface area contributed by atoms with E-state index in [1.54, 1.807) is 12.1 Å². The molecular weight excluding hydrogens is 422 g/mol. The first-order valence-corrected chi connectivity index (χ1v) is 12.1. The molecular formula is C23H26ClNO2S2. The van der Waals surface area contributed by atoms with E-state index in [9.17, 15) is 8.42 Å². The van der Waals surface area contributed by atoms with E-state index in [0.29, 0.717) is 17.5 Å².